The molecule has 1 unspecified atom stereocenters. The molecule has 3 N–H and O–H groups in total. The molecule has 0 radical (unpaired) electrons. The molecule has 84 valence electrons. The van der Waals surface area contributed by atoms with Crippen molar-refractivity contribution in [2.45, 2.75) is 13.0 Å². The molecule has 0 rings (SSSR count). The lowest BCUT2D eigenvalue weighted by atomic mass is 10.3. The third-order valence-corrected chi connectivity index (χ3v) is 2.02. The number of ether oxygens (including phenoxy) is 1. The van der Waals surface area contributed by atoms with Crippen LogP contribution >= 0.6 is 0 Å². The molecule has 5 nitrogen and oxygen atoms in total. The monoisotopic (exact) mass is 203 g/mol. The minimum Gasteiger partial charge on any atom is -0.383 e. The average Bonchev–Trinajstić information content (AvgIpc) is 2.15. The molecule has 0 spiro atoms. The van der Waals surface area contributed by atoms with Crippen LogP contribution in [0.4, 0.5) is 0 Å². The predicted molar refractivity (Wildman–Crippen MR) is 56.0 cm³/mol. The van der Waals surface area contributed by atoms with Gasteiger partial charge in [0.05, 0.1) is 13.2 Å². The number of likely N-dealkylation sites (N-methyl/N-ethyl adjacent to an activating group) is 1. The molecule has 0 bridgehead atoms. The van der Waals surface area contributed by atoms with Crippen molar-refractivity contribution in [3.05, 3.63) is 0 Å². The first-order valence-corrected chi connectivity index (χ1v) is 4.77. The maximum atomic E-state index is 11.3. The lowest BCUT2D eigenvalue weighted by Crippen LogP contribution is -2.42. The van der Waals surface area contributed by atoms with Gasteiger partial charge in [0.2, 0.25) is 5.91 Å². The molecule has 1 atom stereocenters. The van der Waals surface area contributed by atoms with Crippen molar-refractivity contribution in [3.63, 3.8) is 0 Å². The highest BCUT2D eigenvalue weighted by atomic mass is 16.5. The quantitative estimate of drug-likeness (QED) is 0.558. The van der Waals surface area contributed by atoms with Gasteiger partial charge in [0.25, 0.3) is 0 Å². The predicted octanol–water partition coefficient (Wildman–Crippen LogP) is -0.972. The summed E-state index contributed by atoms with van der Waals surface area (Å²) in [7, 11) is 3.55. The van der Waals surface area contributed by atoms with Crippen molar-refractivity contribution < 1.29 is 9.53 Å². The fourth-order valence-corrected chi connectivity index (χ4v) is 1.02. The van der Waals surface area contributed by atoms with Crippen LogP contribution in [0, 0.1) is 0 Å². The molecule has 0 fully saturated rings. The second-order valence-electron chi connectivity index (χ2n) is 3.36. The lowest BCUT2D eigenvalue weighted by molar-refractivity contribution is -0.122. The van der Waals surface area contributed by atoms with E-state index in [0.29, 0.717) is 26.2 Å². The van der Waals surface area contributed by atoms with E-state index in [0.717, 1.165) is 0 Å². The Morgan fingerprint density at radius 3 is 2.79 bits per heavy atom. The fourth-order valence-electron chi connectivity index (χ4n) is 1.02. The zero-order valence-electron chi connectivity index (χ0n) is 9.25. The van der Waals surface area contributed by atoms with Gasteiger partial charge in [-0.2, -0.15) is 0 Å². The Labute approximate surface area is 85.6 Å². The molecule has 0 aromatic heterocycles. The number of amides is 1. The molecule has 1 amide bonds. The molecule has 0 saturated carbocycles. The van der Waals surface area contributed by atoms with Gasteiger partial charge in [-0.25, -0.2) is 0 Å². The van der Waals surface area contributed by atoms with Crippen molar-refractivity contribution in [1.29, 1.82) is 0 Å². The molecule has 0 aromatic carbocycles. The molecular weight excluding hydrogens is 182 g/mol. The highest BCUT2D eigenvalue weighted by Gasteiger charge is 2.11. The van der Waals surface area contributed by atoms with E-state index in [-0.39, 0.29) is 11.9 Å². The third-order valence-electron chi connectivity index (χ3n) is 2.02. The summed E-state index contributed by atoms with van der Waals surface area (Å²) < 4.78 is 4.99. The van der Waals surface area contributed by atoms with Crippen molar-refractivity contribution in [2.75, 3.05) is 40.4 Å². The van der Waals surface area contributed by atoms with E-state index in [2.05, 4.69) is 5.32 Å². The largest absolute Gasteiger partial charge is 0.383 e. The summed E-state index contributed by atoms with van der Waals surface area (Å²) >= 11 is 0. The molecule has 0 heterocycles. The molecule has 0 aliphatic heterocycles. The van der Waals surface area contributed by atoms with Gasteiger partial charge in [-0.15, -0.1) is 0 Å². The van der Waals surface area contributed by atoms with Crippen LogP contribution in [0.2, 0.25) is 0 Å². The summed E-state index contributed by atoms with van der Waals surface area (Å²) in [6, 6.07) is 0.239. The molecule has 0 aromatic rings. The SMILES string of the molecule is COCC(C)N(C)CC(=O)NCCN. The second kappa shape index (κ2) is 7.73. The normalized spacial score (nSPS) is 12.9. The summed E-state index contributed by atoms with van der Waals surface area (Å²) in [5, 5.41) is 2.71. The van der Waals surface area contributed by atoms with Crippen LogP contribution in [0.3, 0.4) is 0 Å². The standard InChI is InChI=1S/C9H21N3O2/c1-8(7-14-3)12(2)6-9(13)11-5-4-10/h8H,4-7,10H2,1-3H3,(H,11,13). The van der Waals surface area contributed by atoms with Crippen LogP contribution in [0.25, 0.3) is 0 Å². The van der Waals surface area contributed by atoms with Crippen molar-refractivity contribution in [1.82, 2.24) is 10.2 Å². The molecular formula is C9H21N3O2. The van der Waals surface area contributed by atoms with Gasteiger partial charge in [0.15, 0.2) is 0 Å². The molecule has 0 aliphatic rings. The van der Waals surface area contributed by atoms with Crippen LogP contribution in [0.1, 0.15) is 6.92 Å². The minimum absolute atomic E-state index is 0.000836. The van der Waals surface area contributed by atoms with Gasteiger partial charge in [0, 0.05) is 26.2 Å². The summed E-state index contributed by atoms with van der Waals surface area (Å²) in [5.41, 5.74) is 5.27. The number of nitrogens with one attached hydrogen (secondary N) is 1. The summed E-state index contributed by atoms with van der Waals surface area (Å²) in [6.45, 7) is 4.03. The summed E-state index contributed by atoms with van der Waals surface area (Å²) in [4.78, 5) is 13.2. The number of hydrogen-bond acceptors (Lipinski definition) is 4. The first kappa shape index (κ1) is 13.4. The Morgan fingerprint density at radius 1 is 1.64 bits per heavy atom. The summed E-state index contributed by atoms with van der Waals surface area (Å²) in [6.07, 6.45) is 0. The van der Waals surface area contributed by atoms with E-state index in [9.17, 15) is 4.79 Å². The average molecular weight is 203 g/mol. The van der Waals surface area contributed by atoms with Crippen LogP contribution in [0.5, 0.6) is 0 Å². The Morgan fingerprint density at radius 2 is 2.29 bits per heavy atom. The Hall–Kier alpha value is -0.650. The van der Waals surface area contributed by atoms with Crippen molar-refractivity contribution in [2.24, 2.45) is 5.73 Å². The fraction of sp³-hybridized carbons (Fsp3) is 0.889. The number of carbonyl (C=O) groups excluding carboxylic acids is 1. The van der Waals surface area contributed by atoms with Crippen molar-refractivity contribution in [3.8, 4) is 0 Å². The Kier molecular flexibility index (Phi) is 7.37. The van der Waals surface area contributed by atoms with Crippen molar-refractivity contribution >= 4 is 5.91 Å². The van der Waals surface area contributed by atoms with Crippen LogP contribution in [-0.4, -0.2) is 57.2 Å². The number of hydrogen-bond donors (Lipinski definition) is 2. The smallest absolute Gasteiger partial charge is 0.234 e. The number of nitrogens with zero attached hydrogens (tertiary/aromatic N) is 1. The van der Waals surface area contributed by atoms with Gasteiger partial charge in [-0.1, -0.05) is 0 Å². The molecule has 0 saturated heterocycles. The zero-order valence-corrected chi connectivity index (χ0v) is 9.25. The maximum Gasteiger partial charge on any atom is 0.234 e. The third kappa shape index (κ3) is 5.90. The number of nitrogens with two attached hydrogens (primary N) is 1. The van der Waals surface area contributed by atoms with Crippen LogP contribution in [-0.2, 0) is 9.53 Å². The topological polar surface area (TPSA) is 67.6 Å². The van der Waals surface area contributed by atoms with Gasteiger partial charge >= 0.3 is 0 Å². The van der Waals surface area contributed by atoms with E-state index in [1.54, 1.807) is 7.11 Å². The maximum absolute atomic E-state index is 11.3. The van der Waals surface area contributed by atoms with E-state index >= 15 is 0 Å². The van der Waals surface area contributed by atoms with Crippen LogP contribution in [0.15, 0.2) is 0 Å². The lowest BCUT2D eigenvalue weighted by Gasteiger charge is -2.23. The Balaban J connectivity index is 3.69. The van der Waals surface area contributed by atoms with E-state index in [4.69, 9.17) is 10.5 Å². The van der Waals surface area contributed by atoms with E-state index in [1.165, 1.54) is 0 Å². The molecule has 14 heavy (non-hydrogen) atoms. The first-order chi connectivity index (χ1) is 6.61. The van der Waals surface area contributed by atoms with E-state index in [1.807, 2.05) is 18.9 Å². The van der Waals surface area contributed by atoms with Gasteiger partial charge < -0.3 is 15.8 Å². The van der Waals surface area contributed by atoms with E-state index < -0.39 is 0 Å². The minimum atomic E-state index is 0.000836. The van der Waals surface area contributed by atoms with Gasteiger partial charge in [0.1, 0.15) is 0 Å². The van der Waals surface area contributed by atoms with Gasteiger partial charge in [-0.3, -0.25) is 9.69 Å². The second-order valence-corrected chi connectivity index (χ2v) is 3.36. The summed E-state index contributed by atoms with van der Waals surface area (Å²) in [5.74, 6) is 0.000836. The first-order valence-electron chi connectivity index (χ1n) is 4.77. The van der Waals surface area contributed by atoms with Crippen LogP contribution < -0.4 is 11.1 Å². The Bertz CT molecular complexity index is 164. The zero-order chi connectivity index (χ0) is 11.0. The highest BCUT2D eigenvalue weighted by Crippen LogP contribution is 1.94. The highest BCUT2D eigenvalue weighted by molar-refractivity contribution is 5.77. The molecule has 0 aliphatic carbocycles. The number of carbonyl (C=O) groups is 1. The number of methoxy groups -OCH3 is 1. The number of rotatable bonds is 7. The van der Waals surface area contributed by atoms with Gasteiger partial charge in [-0.05, 0) is 14.0 Å². The molecule has 5 heteroatoms.